The Kier molecular flexibility index (Phi) is 3.18. The van der Waals surface area contributed by atoms with Crippen LogP contribution in [-0.2, 0) is 0 Å². The summed E-state index contributed by atoms with van der Waals surface area (Å²) in [5.41, 5.74) is 3.36. The number of H-pyrrole nitrogens is 1. The van der Waals surface area contributed by atoms with Gasteiger partial charge in [-0.15, -0.1) is 0 Å². The lowest BCUT2D eigenvalue weighted by Crippen LogP contribution is -2.13. The Morgan fingerprint density at radius 1 is 1.35 bits per heavy atom. The molecule has 0 bridgehead atoms. The molecular weight excluding hydrogens is 290 g/mol. The number of fused-ring (bicyclic) bond motifs is 1. The van der Waals surface area contributed by atoms with E-state index in [1.165, 1.54) is 12.8 Å². The van der Waals surface area contributed by atoms with Crippen LogP contribution in [0.2, 0.25) is 0 Å². The minimum absolute atomic E-state index is 0.0921. The van der Waals surface area contributed by atoms with Gasteiger partial charge >= 0.3 is 0 Å². The fourth-order valence-electron chi connectivity index (χ4n) is 2.89. The quantitative estimate of drug-likeness (QED) is 0.775. The summed E-state index contributed by atoms with van der Waals surface area (Å²) >= 11 is 0. The predicted molar refractivity (Wildman–Crippen MR) is 88.6 cm³/mol. The van der Waals surface area contributed by atoms with Crippen molar-refractivity contribution < 1.29 is 4.79 Å². The number of pyridine rings is 1. The van der Waals surface area contributed by atoms with Gasteiger partial charge in [0.25, 0.3) is 5.91 Å². The summed E-state index contributed by atoms with van der Waals surface area (Å²) in [4.78, 5) is 20.0. The molecule has 1 aliphatic carbocycles. The van der Waals surface area contributed by atoms with Crippen LogP contribution < -0.4 is 5.32 Å². The van der Waals surface area contributed by atoms with Crippen LogP contribution in [0.5, 0.6) is 0 Å². The topological polar surface area (TPSA) is 75.6 Å². The van der Waals surface area contributed by atoms with Crippen molar-refractivity contribution in [2.24, 2.45) is 0 Å². The molecule has 3 aromatic heterocycles. The van der Waals surface area contributed by atoms with Crippen LogP contribution in [0.1, 0.15) is 54.6 Å². The normalized spacial score (nSPS) is 14.6. The molecule has 3 aromatic rings. The molecule has 0 aliphatic heterocycles. The average Bonchev–Trinajstić information content (AvgIpc) is 3.10. The zero-order chi connectivity index (χ0) is 16.0. The van der Waals surface area contributed by atoms with Gasteiger partial charge in [-0.3, -0.25) is 4.79 Å². The van der Waals surface area contributed by atoms with Gasteiger partial charge in [0.1, 0.15) is 0 Å². The van der Waals surface area contributed by atoms with Gasteiger partial charge in [-0.05, 0) is 44.2 Å². The summed E-state index contributed by atoms with van der Waals surface area (Å²) < 4.78 is 1.87. The largest absolute Gasteiger partial charge is 0.367 e. The lowest BCUT2D eigenvalue weighted by molar-refractivity contribution is 0.102. The van der Waals surface area contributed by atoms with Gasteiger partial charge in [0, 0.05) is 23.8 Å². The molecule has 0 saturated heterocycles. The van der Waals surface area contributed by atoms with Crippen LogP contribution in [0.15, 0.2) is 30.9 Å². The van der Waals surface area contributed by atoms with E-state index < -0.39 is 0 Å². The summed E-state index contributed by atoms with van der Waals surface area (Å²) in [6.45, 7) is 4.13. The Hall–Kier alpha value is -2.63. The SMILES string of the molecule is CC(C)n1ncc2cc(NC(=O)c3c[nH]cc3C3CC3)cnc21. The van der Waals surface area contributed by atoms with Crippen LogP contribution in [0.3, 0.4) is 0 Å². The number of anilines is 1. The van der Waals surface area contributed by atoms with Gasteiger partial charge in [0.15, 0.2) is 5.65 Å². The van der Waals surface area contributed by atoms with Crippen molar-refractivity contribution >= 4 is 22.6 Å². The first-order chi connectivity index (χ1) is 11.1. The fourth-order valence-corrected chi connectivity index (χ4v) is 2.89. The van der Waals surface area contributed by atoms with E-state index in [2.05, 4.69) is 34.2 Å². The van der Waals surface area contributed by atoms with E-state index in [-0.39, 0.29) is 11.9 Å². The van der Waals surface area contributed by atoms with Gasteiger partial charge in [0.2, 0.25) is 0 Å². The molecule has 6 nitrogen and oxygen atoms in total. The summed E-state index contributed by atoms with van der Waals surface area (Å²) in [6.07, 6.45) is 9.50. The summed E-state index contributed by atoms with van der Waals surface area (Å²) in [5.74, 6) is 0.442. The van der Waals surface area contributed by atoms with Crippen LogP contribution in [0.25, 0.3) is 11.0 Å². The second-order valence-corrected chi connectivity index (χ2v) is 6.37. The van der Waals surface area contributed by atoms with Gasteiger partial charge in [-0.2, -0.15) is 5.10 Å². The number of hydrogen-bond donors (Lipinski definition) is 2. The number of nitrogens with zero attached hydrogens (tertiary/aromatic N) is 3. The molecule has 23 heavy (non-hydrogen) atoms. The Morgan fingerprint density at radius 3 is 2.91 bits per heavy atom. The van der Waals surface area contributed by atoms with Crippen LogP contribution in [-0.4, -0.2) is 25.7 Å². The van der Waals surface area contributed by atoms with Crippen molar-refractivity contribution in [3.8, 4) is 0 Å². The molecule has 4 rings (SSSR count). The van der Waals surface area contributed by atoms with Crippen molar-refractivity contribution in [3.63, 3.8) is 0 Å². The standard InChI is InChI=1S/C17H19N5O/c1-10(2)22-16-12(6-20-22)5-13(7-19-16)21-17(23)15-9-18-8-14(15)11-3-4-11/h5-11,18H,3-4H2,1-2H3,(H,21,23). The molecule has 118 valence electrons. The number of hydrogen-bond acceptors (Lipinski definition) is 3. The molecule has 0 aromatic carbocycles. The van der Waals surface area contributed by atoms with E-state index in [1.807, 2.05) is 16.9 Å². The molecule has 0 spiro atoms. The van der Waals surface area contributed by atoms with E-state index in [0.717, 1.165) is 22.2 Å². The third kappa shape index (κ3) is 2.50. The maximum atomic E-state index is 12.5. The van der Waals surface area contributed by atoms with Crippen molar-refractivity contribution in [2.75, 3.05) is 5.32 Å². The van der Waals surface area contributed by atoms with Crippen LogP contribution in [0.4, 0.5) is 5.69 Å². The summed E-state index contributed by atoms with van der Waals surface area (Å²) in [7, 11) is 0. The molecule has 1 fully saturated rings. The highest BCUT2D eigenvalue weighted by Crippen LogP contribution is 2.41. The van der Waals surface area contributed by atoms with Crippen LogP contribution in [0, 0.1) is 0 Å². The summed E-state index contributed by atoms with van der Waals surface area (Å²) in [5, 5.41) is 8.21. The first-order valence-electron chi connectivity index (χ1n) is 7.95. The molecule has 2 N–H and O–H groups in total. The van der Waals surface area contributed by atoms with Gasteiger partial charge < -0.3 is 10.3 Å². The second kappa shape index (κ2) is 5.22. The monoisotopic (exact) mass is 309 g/mol. The molecule has 1 amide bonds. The molecule has 1 saturated carbocycles. The van der Waals surface area contributed by atoms with E-state index in [4.69, 9.17) is 0 Å². The maximum Gasteiger partial charge on any atom is 0.257 e. The first-order valence-corrected chi connectivity index (χ1v) is 7.95. The second-order valence-electron chi connectivity index (χ2n) is 6.37. The number of aromatic amines is 1. The third-order valence-corrected chi connectivity index (χ3v) is 4.22. The molecule has 0 unspecified atom stereocenters. The smallest absolute Gasteiger partial charge is 0.257 e. The van der Waals surface area contributed by atoms with Crippen LogP contribution >= 0.6 is 0 Å². The molecule has 0 atom stereocenters. The van der Waals surface area contributed by atoms with E-state index in [1.54, 1.807) is 18.6 Å². The van der Waals surface area contributed by atoms with E-state index in [9.17, 15) is 4.79 Å². The zero-order valence-electron chi connectivity index (χ0n) is 13.2. The number of carbonyl (C=O) groups is 1. The highest BCUT2D eigenvalue weighted by molar-refractivity contribution is 6.05. The number of rotatable bonds is 4. The third-order valence-electron chi connectivity index (χ3n) is 4.22. The maximum absolute atomic E-state index is 12.5. The van der Waals surface area contributed by atoms with Gasteiger partial charge in [0.05, 0.1) is 23.6 Å². The highest BCUT2D eigenvalue weighted by Gasteiger charge is 2.28. The van der Waals surface area contributed by atoms with E-state index >= 15 is 0 Å². The fraction of sp³-hybridized carbons (Fsp3) is 0.353. The Labute approximate surface area is 133 Å². The first kappa shape index (κ1) is 14.0. The molecule has 1 aliphatic rings. The number of carbonyl (C=O) groups excluding carboxylic acids is 1. The predicted octanol–water partition coefficient (Wildman–Crippen LogP) is 3.47. The average molecular weight is 309 g/mol. The van der Waals surface area contributed by atoms with Crippen molar-refractivity contribution in [3.05, 3.63) is 42.0 Å². The molecule has 3 heterocycles. The minimum Gasteiger partial charge on any atom is -0.367 e. The minimum atomic E-state index is -0.0921. The van der Waals surface area contributed by atoms with Gasteiger partial charge in [-0.1, -0.05) is 0 Å². The lowest BCUT2D eigenvalue weighted by Gasteiger charge is -2.08. The van der Waals surface area contributed by atoms with Crippen molar-refractivity contribution in [2.45, 2.75) is 38.6 Å². The Balaban J connectivity index is 1.59. The molecular formula is C17H19N5O. The number of nitrogens with one attached hydrogen (secondary N) is 2. The Morgan fingerprint density at radius 2 is 2.17 bits per heavy atom. The number of amides is 1. The molecule has 0 radical (unpaired) electrons. The summed E-state index contributed by atoms with van der Waals surface area (Å²) in [6, 6.07) is 2.16. The molecule has 6 heteroatoms. The highest BCUT2D eigenvalue weighted by atomic mass is 16.1. The van der Waals surface area contributed by atoms with Gasteiger partial charge in [-0.25, -0.2) is 9.67 Å². The Bertz CT molecular complexity index is 872. The van der Waals surface area contributed by atoms with Crippen molar-refractivity contribution in [1.29, 1.82) is 0 Å². The van der Waals surface area contributed by atoms with E-state index in [0.29, 0.717) is 11.6 Å². The zero-order valence-corrected chi connectivity index (χ0v) is 13.2. The lowest BCUT2D eigenvalue weighted by atomic mass is 10.1. The van der Waals surface area contributed by atoms with Crippen molar-refractivity contribution in [1.82, 2.24) is 19.7 Å². The number of aromatic nitrogens is 4.